The molecule has 0 saturated carbocycles. The van der Waals surface area contributed by atoms with E-state index in [9.17, 15) is 0 Å². The number of rotatable bonds is 0. The maximum absolute atomic E-state index is 8.42. The van der Waals surface area contributed by atoms with E-state index in [0.717, 1.165) is 0 Å². The quantitative estimate of drug-likeness (QED) is 0.232. The van der Waals surface area contributed by atoms with Crippen LogP contribution in [0.1, 0.15) is 0 Å². The fourth-order valence-electron chi connectivity index (χ4n) is 0. The van der Waals surface area contributed by atoms with Crippen molar-refractivity contribution in [3.8, 4) is 0 Å². The van der Waals surface area contributed by atoms with Crippen LogP contribution < -0.4 is 30.1 Å². The maximum Gasteiger partial charge on any atom is 3.00 e. The Labute approximate surface area is 148 Å². The molecule has 1 atom stereocenters. The Morgan fingerprint density at radius 3 is 0.667 bits per heavy atom. The van der Waals surface area contributed by atoms with E-state index in [4.69, 9.17) is 45.2 Å². The molecule has 0 amide bonds. The van der Waals surface area contributed by atoms with Gasteiger partial charge in [-0.05, 0) is 0 Å². The fourth-order valence-corrected chi connectivity index (χ4v) is 0. The molecule has 0 rings (SSSR count). The SMILES string of the molecule is OB(O)O.P.[Gd+3].[O-]B([O-])[O-].[O-]B([O-])[O-].[Y+3]. The predicted octanol–water partition coefficient (Wildman–Crippen LogP) is -9.89. The second-order valence-corrected chi connectivity index (χ2v) is 0.924. The van der Waals surface area contributed by atoms with Crippen LogP contribution in [-0.2, 0) is 32.7 Å². The first-order valence-corrected chi connectivity index (χ1v) is 2.19. The summed E-state index contributed by atoms with van der Waals surface area (Å²) in [6, 6.07) is 0. The van der Waals surface area contributed by atoms with Crippen molar-refractivity contribution >= 4 is 31.9 Å². The van der Waals surface area contributed by atoms with Gasteiger partial charge >= 0.3 is 80.0 Å². The van der Waals surface area contributed by atoms with Crippen molar-refractivity contribution in [2.45, 2.75) is 0 Å². The average molecular weight is 460 g/mol. The molecule has 0 bridgehead atoms. The van der Waals surface area contributed by atoms with Crippen molar-refractivity contribution in [1.82, 2.24) is 0 Å². The third kappa shape index (κ3) is 497. The number of hydrogen-bond donors (Lipinski definition) is 3. The van der Waals surface area contributed by atoms with Gasteiger partial charge in [0.05, 0.1) is 0 Å². The summed E-state index contributed by atoms with van der Waals surface area (Å²) < 4.78 is 0. The minimum absolute atomic E-state index is 0. The summed E-state index contributed by atoms with van der Waals surface area (Å²) >= 11 is 0. The Morgan fingerprint density at radius 1 is 0.667 bits per heavy atom. The molecule has 15 heteroatoms. The molecule has 3 N–H and O–H groups in total. The minimum atomic E-state index is -2.92. The summed E-state index contributed by atoms with van der Waals surface area (Å²) in [7, 11) is -8.00. The smallest absolute Gasteiger partial charge is 0.907 e. The summed E-state index contributed by atoms with van der Waals surface area (Å²) in [4.78, 5) is 0. The van der Waals surface area contributed by atoms with Crippen LogP contribution >= 0.6 is 9.90 Å². The van der Waals surface area contributed by atoms with Crippen molar-refractivity contribution in [2.75, 3.05) is 0 Å². The predicted molar refractivity (Wildman–Crippen MR) is 35.0 cm³/mol. The van der Waals surface area contributed by atoms with Crippen LogP contribution in [0.5, 0.6) is 0 Å². The van der Waals surface area contributed by atoms with E-state index in [1.165, 1.54) is 0 Å². The standard InChI is InChI=1S/BH3O3.2BO3.Gd.H3P.Y/c3*2-1(3)4;;;/h2-4H;;;;1H3;/q;2*-3;+3;;+3. The molecule has 85 valence electrons. The Balaban J connectivity index is -0.0000000184. The van der Waals surface area contributed by atoms with Crippen LogP contribution in [0.3, 0.4) is 0 Å². The summed E-state index contributed by atoms with van der Waals surface area (Å²) in [6.07, 6.45) is 0. The van der Waals surface area contributed by atoms with Gasteiger partial charge in [-0.2, -0.15) is 9.90 Å². The van der Waals surface area contributed by atoms with Crippen LogP contribution in [0.25, 0.3) is 0 Å². The van der Waals surface area contributed by atoms with Gasteiger partial charge in [0, 0.05) is 0 Å². The Morgan fingerprint density at radius 2 is 0.667 bits per heavy atom. The van der Waals surface area contributed by atoms with E-state index < -0.39 is 22.0 Å². The zero-order valence-corrected chi connectivity index (χ0v) is 13.7. The van der Waals surface area contributed by atoms with Crippen molar-refractivity contribution in [3.05, 3.63) is 0 Å². The Hall–Kier alpha value is 2.69. The topological polar surface area (TPSA) is 199 Å². The molecule has 1 radical (unpaired) electrons. The van der Waals surface area contributed by atoms with Gasteiger partial charge in [-0.3, -0.25) is 14.6 Å². The average Bonchev–Trinajstić information content (AvgIpc) is 1.54. The molecule has 15 heavy (non-hydrogen) atoms. The molecule has 0 aliphatic carbocycles. The molecule has 0 fully saturated rings. The van der Waals surface area contributed by atoms with E-state index in [1.807, 2.05) is 0 Å². The third-order valence-corrected chi connectivity index (χ3v) is 0. The molecule has 1 unspecified atom stereocenters. The van der Waals surface area contributed by atoms with E-state index in [-0.39, 0.29) is 82.5 Å². The molecule has 0 saturated heterocycles. The second kappa shape index (κ2) is 30.1. The van der Waals surface area contributed by atoms with Crippen LogP contribution in [-0.4, -0.2) is 37.0 Å². The minimum Gasteiger partial charge on any atom is -0.907 e. The molecule has 0 aliphatic heterocycles. The summed E-state index contributed by atoms with van der Waals surface area (Å²) in [5, 5.41) is 72.0. The summed E-state index contributed by atoms with van der Waals surface area (Å²) in [6.45, 7) is 0. The van der Waals surface area contributed by atoms with E-state index >= 15 is 0 Å². The van der Waals surface area contributed by atoms with Crippen LogP contribution in [0.2, 0.25) is 0 Å². The van der Waals surface area contributed by atoms with Gasteiger partial charge in [-0.25, -0.2) is 0 Å². The number of hydrogen-bond acceptors (Lipinski definition) is 9. The van der Waals surface area contributed by atoms with Gasteiger partial charge in [0.15, 0.2) is 0 Å². The first-order chi connectivity index (χ1) is 5.20. The maximum atomic E-state index is 8.42. The van der Waals surface area contributed by atoms with Gasteiger partial charge in [-0.15, -0.1) is 0 Å². The van der Waals surface area contributed by atoms with Gasteiger partial charge in [-0.1, -0.05) is 0 Å². The van der Waals surface area contributed by atoms with Crippen molar-refractivity contribution in [2.24, 2.45) is 0 Å². The Kier molecular flexibility index (Phi) is 72.3. The van der Waals surface area contributed by atoms with Crippen molar-refractivity contribution in [1.29, 1.82) is 0 Å². The normalized spacial score (nSPS) is 5.40. The van der Waals surface area contributed by atoms with E-state index in [0.29, 0.717) is 0 Å². The van der Waals surface area contributed by atoms with Gasteiger partial charge in [0.2, 0.25) is 0 Å². The Bertz CT molecular complexity index is 53.8. The molecule has 0 aromatic rings. The van der Waals surface area contributed by atoms with Gasteiger partial charge in [0.25, 0.3) is 0 Å². The van der Waals surface area contributed by atoms with Crippen molar-refractivity contribution < 1.29 is 118 Å². The zero-order chi connectivity index (χ0) is 10.7. The first kappa shape index (κ1) is 36.1. The van der Waals surface area contributed by atoms with Crippen LogP contribution in [0, 0.1) is 39.9 Å². The fraction of sp³-hybridized carbons (Fsp3) is 0. The molecule has 0 aromatic carbocycles. The summed E-state index contributed by atoms with van der Waals surface area (Å²) in [5.74, 6) is 0. The van der Waals surface area contributed by atoms with Crippen molar-refractivity contribution in [3.63, 3.8) is 0 Å². The largest absolute Gasteiger partial charge is 3.00 e. The van der Waals surface area contributed by atoms with E-state index in [2.05, 4.69) is 0 Å². The molecular weight excluding hydrogens is 454 g/mol. The molecule has 9 nitrogen and oxygen atoms in total. The second-order valence-electron chi connectivity index (χ2n) is 0.924. The van der Waals surface area contributed by atoms with Gasteiger partial charge < -0.3 is 45.2 Å². The molecular formula is H6B3GdO9PY. The van der Waals surface area contributed by atoms with Gasteiger partial charge in [0.1, 0.15) is 0 Å². The third-order valence-electron chi connectivity index (χ3n) is 0. The van der Waals surface area contributed by atoms with E-state index in [1.54, 1.807) is 0 Å². The first-order valence-electron chi connectivity index (χ1n) is 2.19. The van der Waals surface area contributed by atoms with Crippen LogP contribution in [0.4, 0.5) is 0 Å². The van der Waals surface area contributed by atoms with Crippen LogP contribution in [0.15, 0.2) is 0 Å². The monoisotopic (exact) mass is 461 g/mol. The zero-order valence-electron chi connectivity index (χ0n) is 7.16. The molecule has 0 aromatic heterocycles. The molecule has 0 heterocycles. The summed E-state index contributed by atoms with van der Waals surface area (Å²) in [5.41, 5.74) is 0. The molecule has 0 aliphatic rings. The molecule has 0 spiro atoms.